The van der Waals surface area contributed by atoms with Crippen molar-refractivity contribution < 1.29 is 14.3 Å². The zero-order valence-electron chi connectivity index (χ0n) is 10.5. The zero-order valence-corrected chi connectivity index (χ0v) is 10.5. The Labute approximate surface area is 106 Å². The molecule has 0 unspecified atom stereocenters. The van der Waals surface area contributed by atoms with Crippen LogP contribution in [0.1, 0.15) is 12.5 Å². The van der Waals surface area contributed by atoms with Gasteiger partial charge < -0.3 is 20.1 Å². The van der Waals surface area contributed by atoms with Crippen molar-refractivity contribution in [1.82, 2.24) is 10.6 Å². The highest BCUT2D eigenvalue weighted by Crippen LogP contribution is 2.33. The molecule has 1 aromatic carbocycles. The maximum atomic E-state index is 10.7. The van der Waals surface area contributed by atoms with Crippen LogP contribution in [0, 0.1) is 0 Å². The van der Waals surface area contributed by atoms with Crippen LogP contribution in [0.5, 0.6) is 11.5 Å². The van der Waals surface area contributed by atoms with Gasteiger partial charge in [-0.2, -0.15) is 0 Å². The first kappa shape index (κ1) is 12.7. The van der Waals surface area contributed by atoms with Crippen LogP contribution in [0.2, 0.25) is 0 Å². The van der Waals surface area contributed by atoms with Crippen LogP contribution in [-0.2, 0) is 11.3 Å². The van der Waals surface area contributed by atoms with Gasteiger partial charge in [0, 0.05) is 32.1 Å². The second-order valence-electron chi connectivity index (χ2n) is 4.10. The fourth-order valence-electron chi connectivity index (χ4n) is 1.82. The monoisotopic (exact) mass is 250 g/mol. The molecule has 5 heteroatoms. The number of rotatable bonds is 5. The standard InChI is InChI=1S/C13H18N2O3/c1-10(16)15-6-5-14-9-11-3-2-4-12-13(11)18-8-7-17-12/h2-4,14H,5-9H2,1H3,(H,15,16). The van der Waals surface area contributed by atoms with Crippen molar-refractivity contribution in [2.75, 3.05) is 26.3 Å². The van der Waals surface area contributed by atoms with E-state index in [0.29, 0.717) is 26.3 Å². The minimum absolute atomic E-state index is 0.00868. The lowest BCUT2D eigenvalue weighted by atomic mass is 10.1. The molecule has 2 N–H and O–H groups in total. The van der Waals surface area contributed by atoms with E-state index in [-0.39, 0.29) is 5.91 Å². The largest absolute Gasteiger partial charge is 0.486 e. The van der Waals surface area contributed by atoms with Crippen molar-refractivity contribution in [3.05, 3.63) is 23.8 Å². The maximum absolute atomic E-state index is 10.7. The number of carbonyl (C=O) groups excluding carboxylic acids is 1. The first-order valence-corrected chi connectivity index (χ1v) is 6.10. The van der Waals surface area contributed by atoms with Gasteiger partial charge in [-0.25, -0.2) is 0 Å². The second-order valence-corrected chi connectivity index (χ2v) is 4.10. The predicted molar refractivity (Wildman–Crippen MR) is 67.8 cm³/mol. The van der Waals surface area contributed by atoms with Crippen molar-refractivity contribution in [2.45, 2.75) is 13.5 Å². The summed E-state index contributed by atoms with van der Waals surface area (Å²) in [5, 5.41) is 5.99. The minimum Gasteiger partial charge on any atom is -0.486 e. The Kier molecular flexibility index (Phi) is 4.41. The topological polar surface area (TPSA) is 59.6 Å². The first-order valence-electron chi connectivity index (χ1n) is 6.10. The van der Waals surface area contributed by atoms with Crippen LogP contribution >= 0.6 is 0 Å². The number of para-hydroxylation sites is 1. The lowest BCUT2D eigenvalue weighted by Crippen LogP contribution is -2.30. The van der Waals surface area contributed by atoms with E-state index in [1.807, 2.05) is 18.2 Å². The van der Waals surface area contributed by atoms with E-state index in [2.05, 4.69) is 10.6 Å². The van der Waals surface area contributed by atoms with Gasteiger partial charge in [-0.1, -0.05) is 12.1 Å². The summed E-state index contributed by atoms with van der Waals surface area (Å²) >= 11 is 0. The zero-order chi connectivity index (χ0) is 12.8. The van der Waals surface area contributed by atoms with E-state index >= 15 is 0 Å². The van der Waals surface area contributed by atoms with Crippen molar-refractivity contribution in [2.24, 2.45) is 0 Å². The molecule has 0 fully saturated rings. The van der Waals surface area contributed by atoms with Gasteiger partial charge in [-0.15, -0.1) is 0 Å². The molecule has 0 saturated heterocycles. The fourth-order valence-corrected chi connectivity index (χ4v) is 1.82. The summed E-state index contributed by atoms with van der Waals surface area (Å²) in [7, 11) is 0. The van der Waals surface area contributed by atoms with E-state index in [1.54, 1.807) is 0 Å². The number of nitrogens with one attached hydrogen (secondary N) is 2. The van der Waals surface area contributed by atoms with Crippen molar-refractivity contribution in [1.29, 1.82) is 0 Å². The number of fused-ring (bicyclic) bond motifs is 1. The number of hydrogen-bond donors (Lipinski definition) is 2. The SMILES string of the molecule is CC(=O)NCCNCc1cccc2c1OCCO2. The summed E-state index contributed by atoms with van der Waals surface area (Å²) in [5.74, 6) is 1.63. The molecule has 0 saturated carbocycles. The average Bonchev–Trinajstić information content (AvgIpc) is 2.38. The summed E-state index contributed by atoms with van der Waals surface area (Å²) in [5.41, 5.74) is 1.08. The number of benzene rings is 1. The molecule has 2 rings (SSSR count). The summed E-state index contributed by atoms with van der Waals surface area (Å²) in [6.07, 6.45) is 0. The minimum atomic E-state index is -0.00868. The summed E-state index contributed by atoms with van der Waals surface area (Å²) in [4.78, 5) is 10.7. The molecule has 98 valence electrons. The Bertz CT molecular complexity index is 421. The fraction of sp³-hybridized carbons (Fsp3) is 0.462. The van der Waals surface area contributed by atoms with Gasteiger partial charge in [0.05, 0.1) is 0 Å². The van der Waals surface area contributed by atoms with Gasteiger partial charge in [0.25, 0.3) is 0 Å². The summed E-state index contributed by atoms with van der Waals surface area (Å²) in [6.45, 7) is 4.76. The molecule has 0 aromatic heterocycles. The van der Waals surface area contributed by atoms with E-state index < -0.39 is 0 Å². The number of carbonyl (C=O) groups is 1. The third-order valence-corrected chi connectivity index (χ3v) is 2.64. The molecule has 18 heavy (non-hydrogen) atoms. The lowest BCUT2D eigenvalue weighted by molar-refractivity contribution is -0.118. The Morgan fingerprint density at radius 2 is 2.11 bits per heavy atom. The molecule has 1 aromatic rings. The summed E-state index contributed by atoms with van der Waals surface area (Å²) in [6, 6.07) is 5.88. The van der Waals surface area contributed by atoms with Crippen LogP contribution in [0.15, 0.2) is 18.2 Å². The molecule has 5 nitrogen and oxygen atoms in total. The molecular weight excluding hydrogens is 232 g/mol. The Hall–Kier alpha value is -1.75. The highest BCUT2D eigenvalue weighted by Gasteiger charge is 2.14. The first-order chi connectivity index (χ1) is 8.77. The second kappa shape index (κ2) is 6.26. The number of amides is 1. The van der Waals surface area contributed by atoms with Crippen molar-refractivity contribution in [3.63, 3.8) is 0 Å². The lowest BCUT2D eigenvalue weighted by Gasteiger charge is -2.21. The van der Waals surface area contributed by atoms with Crippen LogP contribution in [0.3, 0.4) is 0 Å². The highest BCUT2D eigenvalue weighted by molar-refractivity contribution is 5.72. The quantitative estimate of drug-likeness (QED) is 0.755. The summed E-state index contributed by atoms with van der Waals surface area (Å²) < 4.78 is 11.1. The predicted octanol–water partition coefficient (Wildman–Crippen LogP) is 0.683. The Morgan fingerprint density at radius 3 is 2.94 bits per heavy atom. The van der Waals surface area contributed by atoms with E-state index in [4.69, 9.17) is 9.47 Å². The molecule has 1 amide bonds. The third kappa shape index (κ3) is 3.37. The van der Waals surface area contributed by atoms with Crippen LogP contribution in [0.4, 0.5) is 0 Å². The molecule has 1 aliphatic heterocycles. The number of ether oxygens (including phenoxy) is 2. The molecule has 0 radical (unpaired) electrons. The van der Waals surface area contributed by atoms with Gasteiger partial charge in [0.15, 0.2) is 11.5 Å². The van der Waals surface area contributed by atoms with Crippen LogP contribution in [0.25, 0.3) is 0 Å². The van der Waals surface area contributed by atoms with Crippen LogP contribution in [-0.4, -0.2) is 32.2 Å². The molecule has 1 heterocycles. The highest BCUT2D eigenvalue weighted by atomic mass is 16.6. The molecule has 1 aliphatic rings. The van der Waals surface area contributed by atoms with Crippen molar-refractivity contribution in [3.8, 4) is 11.5 Å². The Balaban J connectivity index is 1.84. The molecular formula is C13H18N2O3. The van der Waals surface area contributed by atoms with E-state index in [0.717, 1.165) is 23.6 Å². The smallest absolute Gasteiger partial charge is 0.216 e. The van der Waals surface area contributed by atoms with Gasteiger partial charge in [0.2, 0.25) is 5.91 Å². The molecule has 0 bridgehead atoms. The van der Waals surface area contributed by atoms with E-state index in [1.165, 1.54) is 6.92 Å². The molecule has 0 spiro atoms. The average molecular weight is 250 g/mol. The normalized spacial score (nSPS) is 13.2. The van der Waals surface area contributed by atoms with Crippen molar-refractivity contribution >= 4 is 5.91 Å². The van der Waals surface area contributed by atoms with Gasteiger partial charge in [0.1, 0.15) is 13.2 Å². The molecule has 0 atom stereocenters. The molecule has 0 aliphatic carbocycles. The van der Waals surface area contributed by atoms with Gasteiger partial charge in [-0.3, -0.25) is 4.79 Å². The third-order valence-electron chi connectivity index (χ3n) is 2.64. The van der Waals surface area contributed by atoms with Gasteiger partial charge >= 0.3 is 0 Å². The van der Waals surface area contributed by atoms with Gasteiger partial charge in [-0.05, 0) is 6.07 Å². The number of hydrogen-bond acceptors (Lipinski definition) is 4. The Morgan fingerprint density at radius 1 is 1.28 bits per heavy atom. The van der Waals surface area contributed by atoms with E-state index in [9.17, 15) is 4.79 Å². The maximum Gasteiger partial charge on any atom is 0.216 e. The van der Waals surface area contributed by atoms with Crippen LogP contribution < -0.4 is 20.1 Å².